The molecule has 0 amide bonds. The first kappa shape index (κ1) is 13.9. The summed E-state index contributed by atoms with van der Waals surface area (Å²) in [5, 5.41) is -0.198. The van der Waals surface area contributed by atoms with E-state index in [1.54, 1.807) is 12.1 Å². The van der Waals surface area contributed by atoms with Gasteiger partial charge in [0.25, 0.3) is 0 Å². The van der Waals surface area contributed by atoms with Crippen LogP contribution >= 0.6 is 11.6 Å². The maximum Gasteiger partial charge on any atom is 0.165 e. The van der Waals surface area contributed by atoms with Crippen molar-refractivity contribution in [1.29, 1.82) is 0 Å². The lowest BCUT2D eigenvalue weighted by Crippen LogP contribution is -1.98. The third kappa shape index (κ3) is 3.48. The molecule has 3 heteroatoms. The average Bonchev–Trinajstić information content (AvgIpc) is 2.39. The van der Waals surface area contributed by atoms with Crippen LogP contribution in [0.15, 0.2) is 42.5 Å². The van der Waals surface area contributed by atoms with Crippen molar-refractivity contribution < 1.29 is 9.13 Å². The zero-order valence-electron chi connectivity index (χ0n) is 11.0. The number of halogens is 2. The maximum absolute atomic E-state index is 13.3. The normalized spacial score (nSPS) is 12.2. The quantitative estimate of drug-likeness (QED) is 0.739. The summed E-state index contributed by atoms with van der Waals surface area (Å²) < 4.78 is 18.3. The van der Waals surface area contributed by atoms with Crippen LogP contribution in [0.2, 0.25) is 0 Å². The smallest absolute Gasteiger partial charge is 0.165 e. The standard InChI is InChI=1S/C16H16ClFO/c1-11-4-3-5-12(8-11)9-14(17)13-6-7-15(18)16(10-13)19-2/h3-8,10,14H,9H2,1-2H3. The molecular weight excluding hydrogens is 263 g/mol. The van der Waals surface area contributed by atoms with E-state index < -0.39 is 0 Å². The molecule has 19 heavy (non-hydrogen) atoms. The molecule has 0 saturated carbocycles. The molecule has 0 heterocycles. The van der Waals surface area contributed by atoms with Gasteiger partial charge in [-0.2, -0.15) is 0 Å². The first-order valence-electron chi connectivity index (χ1n) is 6.13. The van der Waals surface area contributed by atoms with Crippen LogP contribution in [-0.4, -0.2) is 7.11 Å². The lowest BCUT2D eigenvalue weighted by atomic mass is 10.0. The number of hydrogen-bond acceptors (Lipinski definition) is 1. The Bertz CT molecular complexity index is 568. The molecule has 0 N–H and O–H groups in total. The molecule has 0 radical (unpaired) electrons. The van der Waals surface area contributed by atoms with Crippen LogP contribution in [-0.2, 0) is 6.42 Å². The van der Waals surface area contributed by atoms with Crippen LogP contribution in [0.4, 0.5) is 4.39 Å². The number of methoxy groups -OCH3 is 1. The number of alkyl halides is 1. The highest BCUT2D eigenvalue weighted by molar-refractivity contribution is 6.20. The minimum Gasteiger partial charge on any atom is -0.494 e. The van der Waals surface area contributed by atoms with Crippen molar-refractivity contribution in [3.05, 3.63) is 65.0 Å². The molecule has 2 rings (SSSR count). The summed E-state index contributed by atoms with van der Waals surface area (Å²) in [7, 11) is 1.45. The largest absolute Gasteiger partial charge is 0.494 e. The molecule has 1 unspecified atom stereocenters. The van der Waals surface area contributed by atoms with Gasteiger partial charge < -0.3 is 4.74 Å². The van der Waals surface area contributed by atoms with Crippen molar-refractivity contribution in [2.45, 2.75) is 18.7 Å². The molecule has 1 nitrogen and oxygen atoms in total. The Morgan fingerprint density at radius 3 is 2.68 bits per heavy atom. The van der Waals surface area contributed by atoms with Crippen molar-refractivity contribution in [2.24, 2.45) is 0 Å². The summed E-state index contributed by atoms with van der Waals surface area (Å²) in [6.45, 7) is 2.05. The van der Waals surface area contributed by atoms with Gasteiger partial charge in [-0.3, -0.25) is 0 Å². The second kappa shape index (κ2) is 6.07. The van der Waals surface area contributed by atoms with E-state index >= 15 is 0 Å². The predicted octanol–water partition coefficient (Wildman–Crippen LogP) is 4.67. The SMILES string of the molecule is COc1cc(C(Cl)Cc2cccc(C)c2)ccc1F. The van der Waals surface area contributed by atoms with Crippen molar-refractivity contribution in [3.63, 3.8) is 0 Å². The van der Waals surface area contributed by atoms with Gasteiger partial charge in [-0.25, -0.2) is 4.39 Å². The molecule has 0 aliphatic carbocycles. The van der Waals surface area contributed by atoms with Crippen molar-refractivity contribution in [2.75, 3.05) is 7.11 Å². The van der Waals surface area contributed by atoms with E-state index in [1.807, 2.05) is 25.1 Å². The summed E-state index contributed by atoms with van der Waals surface area (Å²) in [5.41, 5.74) is 3.24. The highest BCUT2D eigenvalue weighted by atomic mass is 35.5. The minimum absolute atomic E-state index is 0.198. The molecule has 0 aliphatic rings. The van der Waals surface area contributed by atoms with E-state index in [0.29, 0.717) is 6.42 Å². The van der Waals surface area contributed by atoms with Crippen molar-refractivity contribution in [1.82, 2.24) is 0 Å². The predicted molar refractivity (Wildman–Crippen MR) is 76.4 cm³/mol. The Labute approximate surface area is 118 Å². The van der Waals surface area contributed by atoms with Gasteiger partial charge >= 0.3 is 0 Å². The van der Waals surface area contributed by atoms with Gasteiger partial charge in [0.1, 0.15) is 0 Å². The molecular formula is C16H16ClFO. The number of ether oxygens (including phenoxy) is 1. The second-order valence-corrected chi connectivity index (χ2v) is 5.08. The lowest BCUT2D eigenvalue weighted by Gasteiger charge is -2.12. The highest BCUT2D eigenvalue weighted by Crippen LogP contribution is 2.29. The van der Waals surface area contributed by atoms with Gasteiger partial charge in [0.15, 0.2) is 11.6 Å². The second-order valence-electron chi connectivity index (χ2n) is 4.55. The zero-order valence-corrected chi connectivity index (χ0v) is 11.7. The van der Waals surface area contributed by atoms with Crippen LogP contribution in [0.3, 0.4) is 0 Å². The van der Waals surface area contributed by atoms with Gasteiger partial charge in [-0.1, -0.05) is 35.9 Å². The Hall–Kier alpha value is -1.54. The molecule has 1 atom stereocenters. The van der Waals surface area contributed by atoms with E-state index in [9.17, 15) is 4.39 Å². The topological polar surface area (TPSA) is 9.23 Å². The summed E-state index contributed by atoms with van der Waals surface area (Å²) in [5.74, 6) is -0.141. The summed E-state index contributed by atoms with van der Waals surface area (Å²) in [6.07, 6.45) is 0.706. The minimum atomic E-state index is -0.370. The van der Waals surface area contributed by atoms with Crippen LogP contribution in [0, 0.1) is 12.7 Å². The Morgan fingerprint density at radius 1 is 1.21 bits per heavy atom. The summed E-state index contributed by atoms with van der Waals surface area (Å²) >= 11 is 6.40. The maximum atomic E-state index is 13.3. The van der Waals surface area contributed by atoms with E-state index in [0.717, 1.165) is 5.56 Å². The fourth-order valence-electron chi connectivity index (χ4n) is 2.04. The lowest BCUT2D eigenvalue weighted by molar-refractivity contribution is 0.386. The molecule has 0 saturated heterocycles. The fraction of sp³-hybridized carbons (Fsp3) is 0.250. The van der Waals surface area contributed by atoms with Gasteiger partial charge in [0.2, 0.25) is 0 Å². The van der Waals surface area contributed by atoms with E-state index in [2.05, 4.69) is 6.07 Å². The van der Waals surface area contributed by atoms with Crippen LogP contribution in [0.1, 0.15) is 22.1 Å². The van der Waals surface area contributed by atoms with E-state index in [4.69, 9.17) is 16.3 Å². The van der Waals surface area contributed by atoms with Crippen LogP contribution in [0.25, 0.3) is 0 Å². The monoisotopic (exact) mass is 278 g/mol. The average molecular weight is 279 g/mol. The molecule has 0 bridgehead atoms. The molecule has 100 valence electrons. The Morgan fingerprint density at radius 2 is 2.00 bits per heavy atom. The molecule has 0 fully saturated rings. The molecule has 2 aromatic rings. The fourth-order valence-corrected chi connectivity index (χ4v) is 2.35. The summed E-state index contributed by atoms with van der Waals surface area (Å²) in [6, 6.07) is 13.0. The third-order valence-electron chi connectivity index (χ3n) is 3.03. The van der Waals surface area contributed by atoms with Gasteiger partial charge in [0.05, 0.1) is 12.5 Å². The van der Waals surface area contributed by atoms with E-state index in [1.165, 1.54) is 24.3 Å². The zero-order chi connectivity index (χ0) is 13.8. The Kier molecular flexibility index (Phi) is 4.43. The first-order valence-corrected chi connectivity index (χ1v) is 6.57. The van der Waals surface area contributed by atoms with Gasteiger partial charge in [-0.15, -0.1) is 11.6 Å². The first-order chi connectivity index (χ1) is 9.10. The Balaban J connectivity index is 2.18. The van der Waals surface area contributed by atoms with Crippen LogP contribution < -0.4 is 4.74 Å². The number of hydrogen-bond donors (Lipinski definition) is 0. The molecule has 2 aromatic carbocycles. The van der Waals surface area contributed by atoms with Crippen molar-refractivity contribution in [3.8, 4) is 5.75 Å². The number of aryl methyl sites for hydroxylation is 1. The third-order valence-corrected chi connectivity index (χ3v) is 3.44. The van der Waals surface area contributed by atoms with Crippen LogP contribution in [0.5, 0.6) is 5.75 Å². The number of benzene rings is 2. The number of rotatable bonds is 4. The summed E-state index contributed by atoms with van der Waals surface area (Å²) in [4.78, 5) is 0. The van der Waals surface area contributed by atoms with Crippen molar-refractivity contribution >= 4 is 11.6 Å². The van der Waals surface area contributed by atoms with Gasteiger partial charge in [0, 0.05) is 0 Å². The molecule has 0 aromatic heterocycles. The highest BCUT2D eigenvalue weighted by Gasteiger charge is 2.12. The van der Waals surface area contributed by atoms with E-state index in [-0.39, 0.29) is 16.9 Å². The molecule has 0 spiro atoms. The molecule has 0 aliphatic heterocycles. The van der Waals surface area contributed by atoms with Gasteiger partial charge in [-0.05, 0) is 36.6 Å².